The smallest absolute Gasteiger partial charge is 0.389 e. The molecule has 1 unspecified atom stereocenters. The van der Waals surface area contributed by atoms with Crippen molar-refractivity contribution in [1.82, 2.24) is 5.32 Å². The van der Waals surface area contributed by atoms with E-state index in [4.69, 9.17) is 4.74 Å². The predicted molar refractivity (Wildman–Crippen MR) is 69.3 cm³/mol. The molecule has 0 saturated carbocycles. The Kier molecular flexibility index (Phi) is 6.26. The zero-order valence-electron chi connectivity index (χ0n) is 11.6. The van der Waals surface area contributed by atoms with Gasteiger partial charge in [-0.05, 0) is 31.5 Å². The van der Waals surface area contributed by atoms with E-state index in [1.807, 2.05) is 6.92 Å². The van der Waals surface area contributed by atoms with Gasteiger partial charge < -0.3 is 10.1 Å². The van der Waals surface area contributed by atoms with E-state index in [2.05, 4.69) is 5.32 Å². The first-order valence-corrected chi connectivity index (χ1v) is 6.51. The second-order valence-corrected chi connectivity index (χ2v) is 4.52. The average molecular weight is 293 g/mol. The van der Waals surface area contributed by atoms with Crippen molar-refractivity contribution in [2.75, 3.05) is 13.7 Å². The maximum atomic E-state index is 13.9. The molecule has 1 aromatic rings. The van der Waals surface area contributed by atoms with Crippen LogP contribution in [0.2, 0.25) is 0 Å². The van der Waals surface area contributed by atoms with Gasteiger partial charge in [-0.1, -0.05) is 13.0 Å². The Balaban J connectivity index is 2.97. The lowest BCUT2D eigenvalue weighted by Crippen LogP contribution is -2.25. The normalized spacial score (nSPS) is 13.3. The first-order valence-electron chi connectivity index (χ1n) is 6.51. The summed E-state index contributed by atoms with van der Waals surface area (Å²) < 4.78 is 56.1. The summed E-state index contributed by atoms with van der Waals surface area (Å²) in [6.45, 7) is 2.41. The minimum Gasteiger partial charge on any atom is -0.496 e. The van der Waals surface area contributed by atoms with Crippen LogP contribution < -0.4 is 10.1 Å². The third kappa shape index (κ3) is 5.00. The molecule has 0 radical (unpaired) electrons. The summed E-state index contributed by atoms with van der Waals surface area (Å²) in [4.78, 5) is 0. The highest BCUT2D eigenvalue weighted by molar-refractivity contribution is 5.37. The van der Waals surface area contributed by atoms with Gasteiger partial charge in [0.05, 0.1) is 7.11 Å². The number of rotatable bonds is 7. The molecule has 0 amide bonds. The van der Waals surface area contributed by atoms with Gasteiger partial charge in [0.1, 0.15) is 11.6 Å². The predicted octanol–water partition coefficient (Wildman–Crippen LogP) is 4.22. The molecule has 0 aliphatic rings. The molecule has 1 rings (SSSR count). The Morgan fingerprint density at radius 1 is 1.30 bits per heavy atom. The third-order valence-electron chi connectivity index (χ3n) is 2.94. The number of benzene rings is 1. The van der Waals surface area contributed by atoms with Gasteiger partial charge in [0.15, 0.2) is 0 Å². The van der Waals surface area contributed by atoms with E-state index in [1.54, 1.807) is 6.07 Å². The van der Waals surface area contributed by atoms with E-state index in [0.717, 1.165) is 6.42 Å². The minimum atomic E-state index is -4.26. The van der Waals surface area contributed by atoms with Gasteiger partial charge >= 0.3 is 6.18 Å². The van der Waals surface area contributed by atoms with Gasteiger partial charge in [-0.3, -0.25) is 0 Å². The van der Waals surface area contributed by atoms with Crippen LogP contribution in [-0.2, 0) is 0 Å². The van der Waals surface area contributed by atoms with Gasteiger partial charge in [-0.25, -0.2) is 4.39 Å². The Morgan fingerprint density at radius 2 is 2.00 bits per heavy atom. The first-order chi connectivity index (χ1) is 9.39. The molecule has 1 atom stereocenters. The fourth-order valence-electron chi connectivity index (χ4n) is 2.01. The van der Waals surface area contributed by atoms with E-state index in [9.17, 15) is 17.6 Å². The fourth-order valence-corrected chi connectivity index (χ4v) is 2.01. The zero-order chi connectivity index (χ0) is 15.2. The molecule has 1 aromatic carbocycles. The van der Waals surface area contributed by atoms with E-state index in [0.29, 0.717) is 6.54 Å². The van der Waals surface area contributed by atoms with Crippen LogP contribution in [0.3, 0.4) is 0 Å². The van der Waals surface area contributed by atoms with Crippen molar-refractivity contribution in [2.45, 2.75) is 38.4 Å². The molecule has 0 aromatic heterocycles. The third-order valence-corrected chi connectivity index (χ3v) is 2.94. The van der Waals surface area contributed by atoms with Crippen molar-refractivity contribution < 1.29 is 22.3 Å². The van der Waals surface area contributed by atoms with Gasteiger partial charge in [-0.15, -0.1) is 0 Å². The largest absolute Gasteiger partial charge is 0.496 e. The second-order valence-electron chi connectivity index (χ2n) is 4.52. The average Bonchev–Trinajstić information content (AvgIpc) is 2.38. The lowest BCUT2D eigenvalue weighted by atomic mass is 9.99. The monoisotopic (exact) mass is 293 g/mol. The SMILES string of the molecule is CCCNC(CCC(F)(F)F)c1c(F)cccc1OC. The van der Waals surface area contributed by atoms with Crippen LogP contribution in [-0.4, -0.2) is 19.8 Å². The molecule has 20 heavy (non-hydrogen) atoms. The van der Waals surface area contributed by atoms with Crippen LogP contribution in [0.15, 0.2) is 18.2 Å². The number of hydrogen-bond donors (Lipinski definition) is 1. The van der Waals surface area contributed by atoms with Crippen LogP contribution in [0.25, 0.3) is 0 Å². The summed E-state index contributed by atoms with van der Waals surface area (Å²) in [6, 6.07) is 3.53. The quantitative estimate of drug-likeness (QED) is 0.760. The Hall–Kier alpha value is -1.30. The van der Waals surface area contributed by atoms with Gasteiger partial charge in [0, 0.05) is 18.0 Å². The number of methoxy groups -OCH3 is 1. The maximum Gasteiger partial charge on any atom is 0.389 e. The highest BCUT2D eigenvalue weighted by atomic mass is 19.4. The number of alkyl halides is 3. The molecular formula is C14H19F4NO. The summed E-state index contributed by atoms with van der Waals surface area (Å²) in [5, 5.41) is 2.95. The van der Waals surface area contributed by atoms with Crippen molar-refractivity contribution in [2.24, 2.45) is 0 Å². The van der Waals surface area contributed by atoms with Crippen molar-refractivity contribution in [3.63, 3.8) is 0 Å². The Bertz CT molecular complexity index is 420. The topological polar surface area (TPSA) is 21.3 Å². The van der Waals surface area contributed by atoms with E-state index in [-0.39, 0.29) is 17.7 Å². The minimum absolute atomic E-state index is 0.160. The second kappa shape index (κ2) is 7.47. The lowest BCUT2D eigenvalue weighted by Gasteiger charge is -2.22. The van der Waals surface area contributed by atoms with Crippen molar-refractivity contribution in [1.29, 1.82) is 0 Å². The fraction of sp³-hybridized carbons (Fsp3) is 0.571. The first kappa shape index (κ1) is 16.8. The summed E-state index contributed by atoms with van der Waals surface area (Å²) in [7, 11) is 1.37. The van der Waals surface area contributed by atoms with E-state index < -0.39 is 24.5 Å². The van der Waals surface area contributed by atoms with Crippen molar-refractivity contribution in [3.05, 3.63) is 29.6 Å². The van der Waals surface area contributed by atoms with Crippen LogP contribution >= 0.6 is 0 Å². The van der Waals surface area contributed by atoms with Gasteiger partial charge in [0.25, 0.3) is 0 Å². The van der Waals surface area contributed by atoms with E-state index in [1.165, 1.54) is 19.2 Å². The maximum absolute atomic E-state index is 13.9. The molecule has 2 nitrogen and oxygen atoms in total. The van der Waals surface area contributed by atoms with Crippen LogP contribution in [0, 0.1) is 5.82 Å². The molecule has 0 aliphatic carbocycles. The highest BCUT2D eigenvalue weighted by Crippen LogP contribution is 2.33. The van der Waals surface area contributed by atoms with Gasteiger partial charge in [-0.2, -0.15) is 13.2 Å². The molecular weight excluding hydrogens is 274 g/mol. The molecule has 0 fully saturated rings. The lowest BCUT2D eigenvalue weighted by molar-refractivity contribution is -0.136. The molecule has 0 saturated heterocycles. The standard InChI is InChI=1S/C14H19F4NO/c1-3-9-19-11(7-8-14(16,17)18)13-10(15)5-4-6-12(13)20-2/h4-6,11,19H,3,7-9H2,1-2H3. The molecule has 6 heteroatoms. The molecule has 114 valence electrons. The van der Waals surface area contributed by atoms with Crippen molar-refractivity contribution >= 4 is 0 Å². The summed E-state index contributed by atoms with van der Waals surface area (Å²) in [6.07, 6.45) is -4.70. The summed E-state index contributed by atoms with van der Waals surface area (Å²) in [5.74, 6) is -0.291. The molecule has 0 spiro atoms. The van der Waals surface area contributed by atoms with Crippen LogP contribution in [0.1, 0.15) is 37.8 Å². The number of ether oxygens (including phenoxy) is 1. The molecule has 1 N–H and O–H groups in total. The number of halogens is 4. The van der Waals surface area contributed by atoms with Crippen molar-refractivity contribution in [3.8, 4) is 5.75 Å². The van der Waals surface area contributed by atoms with E-state index >= 15 is 0 Å². The Labute approximate surface area is 116 Å². The highest BCUT2D eigenvalue weighted by Gasteiger charge is 2.30. The molecule has 0 aliphatic heterocycles. The zero-order valence-corrected chi connectivity index (χ0v) is 11.6. The number of nitrogens with one attached hydrogen (secondary N) is 1. The van der Waals surface area contributed by atoms with Crippen LogP contribution in [0.5, 0.6) is 5.75 Å². The van der Waals surface area contributed by atoms with Crippen LogP contribution in [0.4, 0.5) is 17.6 Å². The molecule has 0 bridgehead atoms. The molecule has 0 heterocycles. The summed E-state index contributed by atoms with van der Waals surface area (Å²) in [5.41, 5.74) is 0.160. The van der Waals surface area contributed by atoms with Gasteiger partial charge in [0.2, 0.25) is 0 Å². The Morgan fingerprint density at radius 3 is 2.55 bits per heavy atom. The number of hydrogen-bond acceptors (Lipinski definition) is 2. The summed E-state index contributed by atoms with van der Waals surface area (Å²) >= 11 is 0.